The van der Waals surface area contributed by atoms with Crippen LogP contribution in [0.5, 0.6) is 0 Å². The standard InChI is InChI=1S/C19H12BrN3OS/c20-13-5-1-3-11(9-13)17(24)18-16(21)14-6-7-15(23-19(14)25-18)12-4-2-8-22-10-12/h1-10H,21H2. The number of hydrogen-bond donors (Lipinski definition) is 1. The average molecular weight is 410 g/mol. The first-order valence-electron chi connectivity index (χ1n) is 7.53. The summed E-state index contributed by atoms with van der Waals surface area (Å²) in [6.45, 7) is 0. The second kappa shape index (κ2) is 6.38. The Balaban J connectivity index is 1.81. The lowest BCUT2D eigenvalue weighted by molar-refractivity contribution is 0.104. The summed E-state index contributed by atoms with van der Waals surface area (Å²) in [4.78, 5) is 22.9. The number of nitrogens with two attached hydrogens (primary N) is 1. The number of halogens is 1. The van der Waals surface area contributed by atoms with Crippen molar-refractivity contribution in [2.75, 3.05) is 5.73 Å². The van der Waals surface area contributed by atoms with Crippen LogP contribution in [0.25, 0.3) is 21.5 Å². The van der Waals surface area contributed by atoms with E-state index in [2.05, 4.69) is 25.9 Å². The van der Waals surface area contributed by atoms with E-state index in [0.717, 1.165) is 25.9 Å². The first-order valence-corrected chi connectivity index (χ1v) is 9.14. The average Bonchev–Trinajstić information content (AvgIpc) is 2.98. The molecule has 1 aromatic carbocycles. The third-order valence-electron chi connectivity index (χ3n) is 3.84. The van der Waals surface area contributed by atoms with Gasteiger partial charge in [-0.25, -0.2) is 4.98 Å². The third-order valence-corrected chi connectivity index (χ3v) is 5.45. The zero-order chi connectivity index (χ0) is 17.4. The van der Waals surface area contributed by atoms with Gasteiger partial charge >= 0.3 is 0 Å². The van der Waals surface area contributed by atoms with Gasteiger partial charge in [0.1, 0.15) is 9.71 Å². The maximum atomic E-state index is 12.8. The number of carbonyl (C=O) groups is 1. The first kappa shape index (κ1) is 15.9. The van der Waals surface area contributed by atoms with E-state index in [1.165, 1.54) is 11.3 Å². The molecule has 25 heavy (non-hydrogen) atoms. The zero-order valence-electron chi connectivity index (χ0n) is 12.9. The van der Waals surface area contributed by atoms with Gasteiger partial charge in [0.05, 0.1) is 11.4 Å². The van der Waals surface area contributed by atoms with E-state index in [1.54, 1.807) is 24.5 Å². The predicted molar refractivity (Wildman–Crippen MR) is 105 cm³/mol. The molecular formula is C19H12BrN3OS. The van der Waals surface area contributed by atoms with Crippen LogP contribution in [0, 0.1) is 0 Å². The first-order chi connectivity index (χ1) is 12.1. The van der Waals surface area contributed by atoms with E-state index in [9.17, 15) is 4.79 Å². The fourth-order valence-electron chi connectivity index (χ4n) is 2.60. The van der Waals surface area contributed by atoms with E-state index < -0.39 is 0 Å². The van der Waals surface area contributed by atoms with Crippen molar-refractivity contribution >= 4 is 49.0 Å². The van der Waals surface area contributed by atoms with E-state index >= 15 is 0 Å². The van der Waals surface area contributed by atoms with Crippen molar-refractivity contribution in [1.29, 1.82) is 0 Å². The van der Waals surface area contributed by atoms with Crippen LogP contribution >= 0.6 is 27.3 Å². The number of hydrogen-bond acceptors (Lipinski definition) is 5. The van der Waals surface area contributed by atoms with Gasteiger partial charge in [-0.15, -0.1) is 11.3 Å². The van der Waals surface area contributed by atoms with Crippen molar-refractivity contribution in [3.8, 4) is 11.3 Å². The number of benzene rings is 1. The number of ketones is 1. The Morgan fingerprint density at radius 3 is 2.76 bits per heavy atom. The smallest absolute Gasteiger partial charge is 0.205 e. The second-order valence-corrected chi connectivity index (χ2v) is 7.39. The minimum atomic E-state index is -0.0928. The molecule has 2 N–H and O–H groups in total. The molecule has 0 saturated carbocycles. The number of pyridine rings is 2. The predicted octanol–water partition coefficient (Wildman–Crippen LogP) is 4.93. The summed E-state index contributed by atoms with van der Waals surface area (Å²) in [5, 5.41) is 0.802. The van der Waals surface area contributed by atoms with Crippen LogP contribution in [0.15, 0.2) is 65.4 Å². The van der Waals surface area contributed by atoms with Crippen molar-refractivity contribution < 1.29 is 4.79 Å². The molecule has 0 amide bonds. The maximum Gasteiger partial charge on any atom is 0.205 e. The molecular weight excluding hydrogens is 398 g/mol. The van der Waals surface area contributed by atoms with Crippen molar-refractivity contribution in [3.63, 3.8) is 0 Å². The molecule has 0 unspecified atom stereocenters. The summed E-state index contributed by atoms with van der Waals surface area (Å²) >= 11 is 4.71. The van der Waals surface area contributed by atoms with Gasteiger partial charge in [-0.3, -0.25) is 9.78 Å². The SMILES string of the molecule is Nc1c(C(=O)c2cccc(Br)c2)sc2nc(-c3cccnc3)ccc12. The molecule has 3 heterocycles. The minimum absolute atomic E-state index is 0.0928. The minimum Gasteiger partial charge on any atom is -0.397 e. The van der Waals surface area contributed by atoms with Crippen molar-refractivity contribution in [2.45, 2.75) is 0 Å². The van der Waals surface area contributed by atoms with E-state index in [4.69, 9.17) is 5.73 Å². The number of carbonyl (C=O) groups excluding carboxylic acids is 1. The van der Waals surface area contributed by atoms with Gasteiger partial charge in [0, 0.05) is 33.4 Å². The van der Waals surface area contributed by atoms with Crippen LogP contribution in [0.4, 0.5) is 5.69 Å². The van der Waals surface area contributed by atoms with E-state index in [-0.39, 0.29) is 5.78 Å². The normalized spacial score (nSPS) is 10.9. The largest absolute Gasteiger partial charge is 0.397 e. The second-order valence-electron chi connectivity index (χ2n) is 5.48. The third kappa shape index (κ3) is 2.94. The van der Waals surface area contributed by atoms with Crippen LogP contribution in [0.1, 0.15) is 15.2 Å². The molecule has 0 atom stereocenters. The Hall–Kier alpha value is -2.57. The number of anilines is 1. The molecule has 0 aliphatic rings. The van der Waals surface area contributed by atoms with Gasteiger partial charge < -0.3 is 5.73 Å². The molecule has 0 aliphatic carbocycles. The topological polar surface area (TPSA) is 68.9 Å². The summed E-state index contributed by atoms with van der Waals surface area (Å²) < 4.78 is 0.857. The Morgan fingerprint density at radius 1 is 1.12 bits per heavy atom. The molecule has 122 valence electrons. The summed E-state index contributed by atoms with van der Waals surface area (Å²) in [7, 11) is 0. The monoisotopic (exact) mass is 409 g/mol. The number of thiophene rings is 1. The van der Waals surface area contributed by atoms with Crippen LogP contribution in [0.3, 0.4) is 0 Å². The van der Waals surface area contributed by atoms with Crippen molar-refractivity contribution in [2.24, 2.45) is 0 Å². The van der Waals surface area contributed by atoms with E-state index in [1.807, 2.05) is 36.4 Å². The number of nitrogens with zero attached hydrogens (tertiary/aromatic N) is 2. The van der Waals surface area contributed by atoms with Gasteiger partial charge in [-0.05, 0) is 36.4 Å². The highest BCUT2D eigenvalue weighted by atomic mass is 79.9. The highest BCUT2D eigenvalue weighted by Gasteiger charge is 2.19. The lowest BCUT2D eigenvalue weighted by Gasteiger charge is -2.00. The molecule has 0 aliphatic heterocycles. The van der Waals surface area contributed by atoms with Crippen LogP contribution < -0.4 is 5.73 Å². The van der Waals surface area contributed by atoms with E-state index in [0.29, 0.717) is 16.1 Å². The molecule has 4 nitrogen and oxygen atoms in total. The highest BCUT2D eigenvalue weighted by molar-refractivity contribution is 9.10. The van der Waals surface area contributed by atoms with Gasteiger partial charge in [0.15, 0.2) is 0 Å². The summed E-state index contributed by atoms with van der Waals surface area (Å²) in [6.07, 6.45) is 3.48. The van der Waals surface area contributed by atoms with Crippen molar-refractivity contribution in [3.05, 3.63) is 75.8 Å². The Morgan fingerprint density at radius 2 is 2.00 bits per heavy atom. The van der Waals surface area contributed by atoms with Crippen molar-refractivity contribution in [1.82, 2.24) is 9.97 Å². The molecule has 3 aromatic heterocycles. The Kier molecular flexibility index (Phi) is 4.07. The number of nitrogen functional groups attached to an aromatic ring is 1. The fraction of sp³-hybridized carbons (Fsp3) is 0. The molecule has 0 saturated heterocycles. The molecule has 4 rings (SSSR count). The number of aromatic nitrogens is 2. The molecule has 0 spiro atoms. The zero-order valence-corrected chi connectivity index (χ0v) is 15.3. The Bertz CT molecular complexity index is 1090. The lowest BCUT2D eigenvalue weighted by atomic mass is 10.1. The molecule has 0 fully saturated rings. The van der Waals surface area contributed by atoms with Crippen LogP contribution in [-0.2, 0) is 0 Å². The van der Waals surface area contributed by atoms with Crippen LogP contribution in [0.2, 0.25) is 0 Å². The van der Waals surface area contributed by atoms with Gasteiger partial charge in [-0.2, -0.15) is 0 Å². The van der Waals surface area contributed by atoms with Crippen LogP contribution in [-0.4, -0.2) is 15.8 Å². The Labute approximate surface area is 156 Å². The summed E-state index contributed by atoms with van der Waals surface area (Å²) in [6, 6.07) is 14.9. The molecule has 6 heteroatoms. The maximum absolute atomic E-state index is 12.8. The number of rotatable bonds is 3. The lowest BCUT2D eigenvalue weighted by Crippen LogP contribution is -2.01. The molecule has 4 aromatic rings. The fourth-order valence-corrected chi connectivity index (χ4v) is 4.06. The molecule has 0 radical (unpaired) electrons. The molecule has 0 bridgehead atoms. The van der Waals surface area contributed by atoms with Gasteiger partial charge in [0.2, 0.25) is 5.78 Å². The highest BCUT2D eigenvalue weighted by Crippen LogP contribution is 2.35. The van der Waals surface area contributed by atoms with Gasteiger partial charge in [0.25, 0.3) is 0 Å². The summed E-state index contributed by atoms with van der Waals surface area (Å²) in [5.41, 5.74) is 9.04. The summed E-state index contributed by atoms with van der Waals surface area (Å²) in [5.74, 6) is -0.0928. The quantitative estimate of drug-likeness (QED) is 0.486. The van der Waals surface area contributed by atoms with Gasteiger partial charge in [-0.1, -0.05) is 28.1 Å². The number of fused-ring (bicyclic) bond motifs is 1.